The Hall–Kier alpha value is -3.35. The maximum Gasteiger partial charge on any atom is 0.223 e. The maximum atomic E-state index is 13.6. The van der Waals surface area contributed by atoms with Crippen molar-refractivity contribution < 1.29 is 13.6 Å². The molecule has 2 aliphatic rings. The van der Waals surface area contributed by atoms with Crippen LogP contribution in [0.4, 0.5) is 14.6 Å². The molecule has 2 heterocycles. The molecule has 1 aromatic heterocycles. The van der Waals surface area contributed by atoms with Crippen LogP contribution in [0.1, 0.15) is 38.5 Å². The van der Waals surface area contributed by atoms with E-state index in [4.69, 9.17) is 4.98 Å². The molecule has 2 fully saturated rings. The number of piperidine rings is 1. The zero-order valence-corrected chi connectivity index (χ0v) is 19.0. The van der Waals surface area contributed by atoms with Crippen LogP contribution in [0, 0.1) is 17.6 Å². The topological polar surface area (TPSA) is 58.1 Å². The van der Waals surface area contributed by atoms with E-state index >= 15 is 0 Å². The van der Waals surface area contributed by atoms with Crippen LogP contribution in [0.5, 0.6) is 0 Å². The summed E-state index contributed by atoms with van der Waals surface area (Å²) in [6.07, 6.45) is 7.76. The number of nitrogens with zero attached hydrogens (tertiary/aromatic N) is 3. The van der Waals surface area contributed by atoms with E-state index in [9.17, 15) is 13.6 Å². The van der Waals surface area contributed by atoms with Crippen LogP contribution >= 0.6 is 0 Å². The first-order valence-corrected chi connectivity index (χ1v) is 12.0. The second-order valence-electron chi connectivity index (χ2n) is 9.19. The lowest BCUT2D eigenvalue weighted by Crippen LogP contribution is -2.46. The third kappa shape index (κ3) is 4.93. The van der Waals surface area contributed by atoms with Gasteiger partial charge >= 0.3 is 0 Å². The molecule has 34 heavy (non-hydrogen) atoms. The summed E-state index contributed by atoms with van der Waals surface area (Å²) in [5.41, 5.74) is 2.73. The molecule has 1 N–H and O–H groups in total. The molecule has 7 heteroatoms. The van der Waals surface area contributed by atoms with Crippen molar-refractivity contribution in [3.63, 3.8) is 0 Å². The quantitative estimate of drug-likeness (QED) is 0.554. The molecule has 0 atom stereocenters. The number of carbonyl (C=O) groups is 1. The summed E-state index contributed by atoms with van der Waals surface area (Å²) in [6.45, 7) is 1.53. The number of halogens is 2. The summed E-state index contributed by atoms with van der Waals surface area (Å²) in [7, 11) is 0. The molecule has 0 unspecified atom stereocenters. The molecule has 3 aromatic rings. The molecular weight excluding hydrogens is 434 g/mol. The first kappa shape index (κ1) is 22.4. The average molecular weight is 463 g/mol. The number of anilines is 1. The fourth-order valence-electron chi connectivity index (χ4n) is 4.92. The molecule has 5 rings (SSSR count). The van der Waals surface area contributed by atoms with Gasteiger partial charge in [0.1, 0.15) is 17.5 Å². The van der Waals surface area contributed by atoms with Gasteiger partial charge in [0.2, 0.25) is 5.91 Å². The summed E-state index contributed by atoms with van der Waals surface area (Å²) < 4.78 is 27.0. The second kappa shape index (κ2) is 9.87. The van der Waals surface area contributed by atoms with E-state index in [0.29, 0.717) is 11.4 Å². The van der Waals surface area contributed by atoms with E-state index in [1.54, 1.807) is 30.5 Å². The van der Waals surface area contributed by atoms with Gasteiger partial charge in [-0.15, -0.1) is 0 Å². The highest BCUT2D eigenvalue weighted by atomic mass is 19.1. The zero-order valence-electron chi connectivity index (χ0n) is 19.0. The Morgan fingerprint density at radius 3 is 1.97 bits per heavy atom. The van der Waals surface area contributed by atoms with Gasteiger partial charge in [-0.05, 0) is 74.2 Å². The van der Waals surface area contributed by atoms with Gasteiger partial charge in [0.05, 0.1) is 17.6 Å². The van der Waals surface area contributed by atoms with Crippen LogP contribution in [0.15, 0.2) is 54.7 Å². The minimum absolute atomic E-state index is 0.182. The van der Waals surface area contributed by atoms with Crippen LogP contribution < -0.4 is 10.2 Å². The van der Waals surface area contributed by atoms with Crippen molar-refractivity contribution in [2.45, 2.75) is 44.6 Å². The Morgan fingerprint density at radius 1 is 0.824 bits per heavy atom. The molecule has 176 valence electrons. The van der Waals surface area contributed by atoms with E-state index in [0.717, 1.165) is 68.6 Å². The van der Waals surface area contributed by atoms with Gasteiger partial charge in [0, 0.05) is 36.2 Å². The van der Waals surface area contributed by atoms with Crippen molar-refractivity contribution in [2.24, 2.45) is 5.92 Å². The monoisotopic (exact) mass is 462 g/mol. The van der Waals surface area contributed by atoms with Crippen LogP contribution in [-0.2, 0) is 4.79 Å². The third-order valence-electron chi connectivity index (χ3n) is 6.89. The minimum Gasteiger partial charge on any atom is -0.355 e. The largest absolute Gasteiger partial charge is 0.355 e. The smallest absolute Gasteiger partial charge is 0.223 e. The molecule has 5 nitrogen and oxygen atoms in total. The molecule has 0 radical (unpaired) electrons. The van der Waals surface area contributed by atoms with Crippen molar-refractivity contribution >= 4 is 11.7 Å². The summed E-state index contributed by atoms with van der Waals surface area (Å²) >= 11 is 0. The SMILES string of the molecule is O=C(NC1CCN(c2cnc(-c3ccc(F)cc3)c(-c3ccc(F)cc3)n2)CC1)C1CCCC1. The second-order valence-corrected chi connectivity index (χ2v) is 9.19. The highest BCUT2D eigenvalue weighted by Gasteiger charge is 2.27. The van der Waals surface area contributed by atoms with Crippen molar-refractivity contribution in [1.82, 2.24) is 15.3 Å². The number of carbonyl (C=O) groups excluding carboxylic acids is 1. The summed E-state index contributed by atoms with van der Waals surface area (Å²) in [5, 5.41) is 3.24. The van der Waals surface area contributed by atoms with Gasteiger partial charge in [-0.2, -0.15) is 0 Å². The molecule has 1 aliphatic carbocycles. The zero-order chi connectivity index (χ0) is 23.5. The normalized spacial score (nSPS) is 17.2. The predicted molar refractivity (Wildman–Crippen MR) is 128 cm³/mol. The van der Waals surface area contributed by atoms with Gasteiger partial charge in [-0.1, -0.05) is 12.8 Å². The Kier molecular flexibility index (Phi) is 6.52. The number of rotatable bonds is 5. The third-order valence-corrected chi connectivity index (χ3v) is 6.89. The fourth-order valence-corrected chi connectivity index (χ4v) is 4.92. The van der Waals surface area contributed by atoms with E-state index in [1.807, 2.05) is 0 Å². The molecule has 1 aliphatic heterocycles. The average Bonchev–Trinajstić information content (AvgIpc) is 3.41. The Bertz CT molecular complexity index is 1140. The molecular formula is C27H28F2N4O. The first-order chi connectivity index (χ1) is 16.6. The standard InChI is InChI=1S/C27H28F2N4O/c28-21-9-5-18(6-10-21)25-26(19-7-11-22(29)12-8-19)32-24(17-30-25)33-15-13-23(14-16-33)31-27(34)20-3-1-2-4-20/h5-12,17,20,23H,1-4,13-16H2,(H,31,34). The molecule has 1 saturated carbocycles. The Balaban J connectivity index is 1.35. The minimum atomic E-state index is -0.321. The van der Waals surface area contributed by atoms with Gasteiger partial charge < -0.3 is 10.2 Å². The van der Waals surface area contributed by atoms with Crippen molar-refractivity contribution in [3.05, 3.63) is 66.4 Å². The van der Waals surface area contributed by atoms with E-state index < -0.39 is 0 Å². The maximum absolute atomic E-state index is 13.6. The molecule has 2 aromatic carbocycles. The molecule has 0 spiro atoms. The van der Waals surface area contributed by atoms with Gasteiger partial charge in [-0.25, -0.2) is 13.8 Å². The number of hydrogen-bond donors (Lipinski definition) is 1. The van der Waals surface area contributed by atoms with Crippen LogP contribution in [0.25, 0.3) is 22.5 Å². The van der Waals surface area contributed by atoms with Crippen molar-refractivity contribution in [2.75, 3.05) is 18.0 Å². The fraction of sp³-hybridized carbons (Fsp3) is 0.370. The first-order valence-electron chi connectivity index (χ1n) is 12.0. The van der Waals surface area contributed by atoms with Crippen molar-refractivity contribution in [1.29, 1.82) is 0 Å². The number of benzene rings is 2. The number of hydrogen-bond acceptors (Lipinski definition) is 4. The summed E-state index contributed by atoms with van der Waals surface area (Å²) in [5.74, 6) is 0.488. The lowest BCUT2D eigenvalue weighted by Gasteiger charge is -2.33. The van der Waals surface area contributed by atoms with Gasteiger partial charge in [-0.3, -0.25) is 9.78 Å². The number of nitrogens with one attached hydrogen (secondary N) is 1. The molecule has 1 amide bonds. The van der Waals surface area contributed by atoms with Crippen LogP contribution in [0.3, 0.4) is 0 Å². The molecule has 0 bridgehead atoms. The number of amides is 1. The van der Waals surface area contributed by atoms with Crippen molar-refractivity contribution in [3.8, 4) is 22.5 Å². The highest BCUT2D eigenvalue weighted by Crippen LogP contribution is 2.32. The van der Waals surface area contributed by atoms with Gasteiger partial charge in [0.25, 0.3) is 0 Å². The number of aromatic nitrogens is 2. The lowest BCUT2D eigenvalue weighted by molar-refractivity contribution is -0.125. The Morgan fingerprint density at radius 2 is 1.38 bits per heavy atom. The summed E-state index contributed by atoms with van der Waals surface area (Å²) in [6, 6.07) is 12.5. The summed E-state index contributed by atoms with van der Waals surface area (Å²) in [4.78, 5) is 24.2. The Labute approximate surface area is 198 Å². The van der Waals surface area contributed by atoms with E-state index in [2.05, 4.69) is 15.2 Å². The van der Waals surface area contributed by atoms with E-state index in [1.165, 1.54) is 24.3 Å². The van der Waals surface area contributed by atoms with Crippen LogP contribution in [0.2, 0.25) is 0 Å². The molecule has 1 saturated heterocycles. The van der Waals surface area contributed by atoms with Gasteiger partial charge in [0.15, 0.2) is 0 Å². The predicted octanol–water partition coefficient (Wildman–Crippen LogP) is 5.36. The highest BCUT2D eigenvalue weighted by molar-refractivity contribution is 5.80. The lowest BCUT2D eigenvalue weighted by atomic mass is 10.0. The van der Waals surface area contributed by atoms with E-state index in [-0.39, 0.29) is 29.5 Å². The van der Waals surface area contributed by atoms with Crippen LogP contribution in [-0.4, -0.2) is 35.0 Å².